The van der Waals surface area contributed by atoms with Gasteiger partial charge in [0.2, 0.25) is 5.91 Å². The fourth-order valence-electron chi connectivity index (χ4n) is 4.77. The predicted molar refractivity (Wildman–Crippen MR) is 124 cm³/mol. The van der Waals surface area contributed by atoms with Crippen LogP contribution in [0.4, 0.5) is 11.4 Å². The van der Waals surface area contributed by atoms with E-state index in [2.05, 4.69) is 47.2 Å². The van der Waals surface area contributed by atoms with Crippen LogP contribution in [0.1, 0.15) is 25.8 Å². The zero-order chi connectivity index (χ0) is 22.0. The van der Waals surface area contributed by atoms with E-state index in [9.17, 15) is 4.79 Å². The average molecular weight is 424 g/mol. The lowest BCUT2D eigenvalue weighted by atomic mass is 9.83. The first-order chi connectivity index (χ1) is 15.0. The Morgan fingerprint density at radius 3 is 2.68 bits per heavy atom. The van der Waals surface area contributed by atoms with E-state index in [1.165, 1.54) is 11.3 Å². The van der Waals surface area contributed by atoms with Crippen LogP contribution in [0.25, 0.3) is 0 Å². The van der Waals surface area contributed by atoms with Gasteiger partial charge < -0.3 is 24.6 Å². The normalized spacial score (nSPS) is 21.0. The molecule has 0 bridgehead atoms. The average Bonchev–Trinajstić information content (AvgIpc) is 2.82. The van der Waals surface area contributed by atoms with Gasteiger partial charge in [0.25, 0.3) is 0 Å². The van der Waals surface area contributed by atoms with E-state index in [1.54, 1.807) is 14.2 Å². The number of carbonyl (C=O) groups excluding carboxylic acids is 1. The van der Waals surface area contributed by atoms with E-state index in [1.807, 2.05) is 24.3 Å². The van der Waals surface area contributed by atoms with Gasteiger partial charge in [0.05, 0.1) is 31.9 Å². The number of rotatable bonds is 6. The Morgan fingerprint density at radius 1 is 1.13 bits per heavy atom. The summed E-state index contributed by atoms with van der Waals surface area (Å²) in [5.41, 5.74) is 3.49. The first-order valence-electron chi connectivity index (χ1n) is 11.2. The monoisotopic (exact) mass is 423 g/mol. The molecule has 0 aliphatic carbocycles. The van der Waals surface area contributed by atoms with Crippen molar-refractivity contribution in [3.8, 4) is 11.5 Å². The molecule has 31 heavy (non-hydrogen) atoms. The van der Waals surface area contributed by atoms with E-state index in [0.29, 0.717) is 0 Å². The molecule has 1 N–H and O–H groups in total. The van der Waals surface area contributed by atoms with Crippen LogP contribution in [-0.4, -0.2) is 51.8 Å². The Balaban J connectivity index is 1.68. The molecule has 0 aromatic heterocycles. The molecule has 1 fully saturated rings. The number of hydrogen-bond acceptors (Lipinski definition) is 5. The molecular formula is C25H33N3O3. The summed E-state index contributed by atoms with van der Waals surface area (Å²) in [5, 5.41) is 3.23. The van der Waals surface area contributed by atoms with Gasteiger partial charge in [-0.15, -0.1) is 0 Å². The minimum Gasteiger partial charge on any atom is -0.497 e. The van der Waals surface area contributed by atoms with Crippen molar-refractivity contribution in [3.63, 3.8) is 0 Å². The molecule has 4 rings (SSSR count). The third-order valence-corrected chi connectivity index (χ3v) is 6.69. The molecule has 0 radical (unpaired) electrons. The zero-order valence-electron chi connectivity index (χ0n) is 18.9. The van der Waals surface area contributed by atoms with Gasteiger partial charge in [-0.25, -0.2) is 0 Å². The molecule has 0 unspecified atom stereocenters. The van der Waals surface area contributed by atoms with Crippen molar-refractivity contribution in [2.24, 2.45) is 5.92 Å². The Morgan fingerprint density at radius 2 is 1.94 bits per heavy atom. The number of amides is 1. The van der Waals surface area contributed by atoms with Crippen molar-refractivity contribution in [3.05, 3.63) is 48.0 Å². The Bertz CT molecular complexity index is 932. The van der Waals surface area contributed by atoms with E-state index < -0.39 is 0 Å². The minimum absolute atomic E-state index is 0.0855. The first kappa shape index (κ1) is 21.3. The molecule has 1 amide bonds. The third kappa shape index (κ3) is 4.16. The van der Waals surface area contributed by atoms with Gasteiger partial charge in [0, 0.05) is 37.4 Å². The van der Waals surface area contributed by atoms with Gasteiger partial charge in [0.1, 0.15) is 11.5 Å². The third-order valence-electron chi connectivity index (χ3n) is 6.69. The van der Waals surface area contributed by atoms with Crippen molar-refractivity contribution in [1.82, 2.24) is 5.32 Å². The van der Waals surface area contributed by atoms with E-state index in [-0.39, 0.29) is 23.9 Å². The van der Waals surface area contributed by atoms with Crippen molar-refractivity contribution in [2.45, 2.75) is 38.8 Å². The van der Waals surface area contributed by atoms with Crippen LogP contribution in [-0.2, 0) is 11.2 Å². The molecule has 0 saturated carbocycles. The van der Waals surface area contributed by atoms with Crippen molar-refractivity contribution >= 4 is 17.3 Å². The SMILES string of the molecule is CC[C@H](C)NC(=O)[C@@H]1Cc2ccc(OC)cc2N2CCN(c3ccccc3OC)C[C@H]12. The number of ether oxygens (including phenoxy) is 2. The maximum absolute atomic E-state index is 13.3. The maximum Gasteiger partial charge on any atom is 0.225 e. The summed E-state index contributed by atoms with van der Waals surface area (Å²) in [5.74, 6) is 1.77. The molecule has 6 heteroatoms. The molecule has 2 heterocycles. The number of nitrogens with zero attached hydrogens (tertiary/aromatic N) is 2. The summed E-state index contributed by atoms with van der Waals surface area (Å²) in [4.78, 5) is 18.1. The number of benzene rings is 2. The standard InChI is InChI=1S/C25H33N3O3/c1-5-17(2)26-25(29)20-14-18-10-11-19(30-3)15-22(18)28-13-12-27(16-23(20)28)21-8-6-7-9-24(21)31-4/h6-11,15,17,20,23H,5,12-14,16H2,1-4H3,(H,26,29)/t17-,20+,23+/m0/s1. The second kappa shape index (κ2) is 9.08. The largest absolute Gasteiger partial charge is 0.497 e. The first-order valence-corrected chi connectivity index (χ1v) is 11.2. The van der Waals surface area contributed by atoms with Gasteiger partial charge in [-0.05, 0) is 43.5 Å². The van der Waals surface area contributed by atoms with E-state index >= 15 is 0 Å². The molecule has 1 saturated heterocycles. The lowest BCUT2D eigenvalue weighted by Crippen LogP contribution is -2.61. The fourth-order valence-corrected chi connectivity index (χ4v) is 4.77. The molecule has 2 aliphatic heterocycles. The van der Waals surface area contributed by atoms with Crippen LogP contribution in [0.15, 0.2) is 42.5 Å². The number of anilines is 2. The highest BCUT2D eigenvalue weighted by Crippen LogP contribution is 2.40. The number of methoxy groups -OCH3 is 2. The van der Waals surface area contributed by atoms with E-state index in [4.69, 9.17) is 9.47 Å². The highest BCUT2D eigenvalue weighted by molar-refractivity contribution is 5.83. The summed E-state index contributed by atoms with van der Waals surface area (Å²) >= 11 is 0. The molecule has 3 atom stereocenters. The van der Waals surface area contributed by atoms with Gasteiger partial charge in [-0.2, -0.15) is 0 Å². The highest BCUT2D eigenvalue weighted by Gasteiger charge is 2.42. The summed E-state index contributed by atoms with van der Waals surface area (Å²) in [6, 6.07) is 14.6. The summed E-state index contributed by atoms with van der Waals surface area (Å²) in [6.07, 6.45) is 1.66. The van der Waals surface area contributed by atoms with Gasteiger partial charge in [0.15, 0.2) is 0 Å². The molecule has 2 aromatic carbocycles. The van der Waals surface area contributed by atoms with Crippen LogP contribution in [0.3, 0.4) is 0 Å². The van der Waals surface area contributed by atoms with Gasteiger partial charge in [-0.1, -0.05) is 25.1 Å². The Labute approximate surface area is 185 Å². The molecule has 2 aliphatic rings. The van der Waals surface area contributed by atoms with Gasteiger partial charge >= 0.3 is 0 Å². The number of fused-ring (bicyclic) bond motifs is 3. The smallest absolute Gasteiger partial charge is 0.225 e. The predicted octanol–water partition coefficient (Wildman–Crippen LogP) is 3.49. The summed E-state index contributed by atoms with van der Waals surface area (Å²) in [7, 11) is 3.41. The topological polar surface area (TPSA) is 54.0 Å². The molecule has 0 spiro atoms. The van der Waals surface area contributed by atoms with Crippen LogP contribution in [0, 0.1) is 5.92 Å². The van der Waals surface area contributed by atoms with Crippen LogP contribution < -0.4 is 24.6 Å². The number of nitrogens with one attached hydrogen (secondary N) is 1. The lowest BCUT2D eigenvalue weighted by Gasteiger charge is -2.50. The Kier molecular flexibility index (Phi) is 6.25. The van der Waals surface area contributed by atoms with Gasteiger partial charge in [-0.3, -0.25) is 4.79 Å². The second-order valence-electron chi connectivity index (χ2n) is 8.50. The van der Waals surface area contributed by atoms with Crippen molar-refractivity contribution in [2.75, 3.05) is 43.7 Å². The molecular weight excluding hydrogens is 390 g/mol. The maximum atomic E-state index is 13.3. The molecule has 6 nitrogen and oxygen atoms in total. The summed E-state index contributed by atoms with van der Waals surface area (Å²) in [6.45, 7) is 6.65. The number of carbonyl (C=O) groups is 1. The quantitative estimate of drug-likeness (QED) is 0.771. The Hall–Kier alpha value is -2.89. The van der Waals surface area contributed by atoms with Crippen molar-refractivity contribution in [1.29, 1.82) is 0 Å². The van der Waals surface area contributed by atoms with E-state index in [0.717, 1.165) is 49.7 Å². The molecule has 166 valence electrons. The minimum atomic E-state index is -0.104. The molecule has 2 aromatic rings. The van der Waals surface area contributed by atoms with Crippen LogP contribution in [0.2, 0.25) is 0 Å². The van der Waals surface area contributed by atoms with Crippen LogP contribution in [0.5, 0.6) is 11.5 Å². The number of para-hydroxylation sites is 2. The lowest BCUT2D eigenvalue weighted by molar-refractivity contribution is -0.126. The van der Waals surface area contributed by atoms with Crippen molar-refractivity contribution < 1.29 is 14.3 Å². The zero-order valence-corrected chi connectivity index (χ0v) is 18.9. The van der Waals surface area contributed by atoms with Crippen LogP contribution >= 0.6 is 0 Å². The highest BCUT2D eigenvalue weighted by atomic mass is 16.5. The second-order valence-corrected chi connectivity index (χ2v) is 8.50. The number of hydrogen-bond donors (Lipinski definition) is 1. The fraction of sp³-hybridized carbons (Fsp3) is 0.480. The number of piperazine rings is 1. The summed E-state index contributed by atoms with van der Waals surface area (Å²) < 4.78 is 11.1.